The third kappa shape index (κ3) is 3.27. The molecule has 1 atom stereocenters. The highest BCUT2D eigenvalue weighted by molar-refractivity contribution is 5.76. The summed E-state index contributed by atoms with van der Waals surface area (Å²) in [6, 6.07) is 0. The van der Waals surface area contributed by atoms with Gasteiger partial charge in [-0.1, -0.05) is 32.1 Å². The van der Waals surface area contributed by atoms with Gasteiger partial charge in [-0.05, 0) is 12.3 Å². The van der Waals surface area contributed by atoms with Gasteiger partial charge in [0.2, 0.25) is 5.72 Å². The second-order valence-corrected chi connectivity index (χ2v) is 4.27. The Morgan fingerprint density at radius 2 is 1.93 bits per heavy atom. The lowest BCUT2D eigenvalue weighted by Gasteiger charge is -2.24. The largest absolute Gasteiger partial charge is 0.478 e. The van der Waals surface area contributed by atoms with Crippen molar-refractivity contribution in [2.24, 2.45) is 11.7 Å². The summed E-state index contributed by atoms with van der Waals surface area (Å²) < 4.78 is 0. The molecule has 0 amide bonds. The molecule has 82 valence electrons. The van der Waals surface area contributed by atoms with Gasteiger partial charge in [0, 0.05) is 6.42 Å². The van der Waals surface area contributed by atoms with E-state index < -0.39 is 11.7 Å². The van der Waals surface area contributed by atoms with Gasteiger partial charge >= 0.3 is 5.97 Å². The van der Waals surface area contributed by atoms with Crippen molar-refractivity contribution in [3.63, 3.8) is 0 Å². The number of carbonyl (C=O) groups is 1. The first-order valence-corrected chi connectivity index (χ1v) is 5.27. The van der Waals surface area contributed by atoms with E-state index in [1.54, 1.807) is 0 Å². The van der Waals surface area contributed by atoms with E-state index in [0.29, 0.717) is 5.92 Å². The third-order valence-corrected chi connectivity index (χ3v) is 3.03. The minimum atomic E-state index is -2.03. The summed E-state index contributed by atoms with van der Waals surface area (Å²) in [5, 5.41) is 17.9. The fourth-order valence-corrected chi connectivity index (χ4v) is 2.01. The van der Waals surface area contributed by atoms with Crippen LogP contribution in [-0.2, 0) is 4.79 Å². The Labute approximate surface area is 84.1 Å². The highest BCUT2D eigenvalue weighted by Gasteiger charge is 2.31. The lowest BCUT2D eigenvalue weighted by Crippen LogP contribution is -2.48. The van der Waals surface area contributed by atoms with Crippen molar-refractivity contribution in [3.05, 3.63) is 0 Å². The lowest BCUT2D eigenvalue weighted by atomic mass is 9.85. The van der Waals surface area contributed by atoms with Crippen LogP contribution in [0.4, 0.5) is 0 Å². The molecule has 1 rings (SSSR count). The monoisotopic (exact) mass is 201 g/mol. The van der Waals surface area contributed by atoms with E-state index in [4.69, 9.17) is 10.8 Å². The number of hydrogen-bond acceptors (Lipinski definition) is 3. The van der Waals surface area contributed by atoms with Crippen LogP contribution in [0.5, 0.6) is 0 Å². The fourth-order valence-electron chi connectivity index (χ4n) is 2.01. The van der Waals surface area contributed by atoms with Gasteiger partial charge < -0.3 is 10.2 Å². The zero-order valence-corrected chi connectivity index (χ0v) is 8.41. The molecule has 0 aromatic rings. The maximum atomic E-state index is 10.5. The molecule has 1 aliphatic carbocycles. The first kappa shape index (κ1) is 11.5. The topological polar surface area (TPSA) is 83.5 Å². The Balaban J connectivity index is 2.28. The average molecular weight is 201 g/mol. The van der Waals surface area contributed by atoms with Crippen molar-refractivity contribution in [1.82, 2.24) is 0 Å². The molecule has 0 aromatic heterocycles. The zero-order valence-electron chi connectivity index (χ0n) is 8.41. The number of nitrogens with two attached hydrogens (primary N) is 1. The zero-order chi connectivity index (χ0) is 10.6. The van der Waals surface area contributed by atoms with Gasteiger partial charge in [-0.25, -0.2) is 4.79 Å². The van der Waals surface area contributed by atoms with Gasteiger partial charge in [-0.2, -0.15) is 0 Å². The summed E-state index contributed by atoms with van der Waals surface area (Å²) in [4.78, 5) is 10.5. The summed E-state index contributed by atoms with van der Waals surface area (Å²) in [6.45, 7) is 0. The fraction of sp³-hybridized carbons (Fsp3) is 0.900. The van der Waals surface area contributed by atoms with Crippen LogP contribution in [0.2, 0.25) is 0 Å². The van der Waals surface area contributed by atoms with Crippen LogP contribution in [0, 0.1) is 5.92 Å². The minimum absolute atomic E-state index is 0.160. The Morgan fingerprint density at radius 3 is 2.43 bits per heavy atom. The number of aliphatic hydroxyl groups is 1. The van der Waals surface area contributed by atoms with Gasteiger partial charge in [0.25, 0.3) is 0 Å². The van der Waals surface area contributed by atoms with Crippen molar-refractivity contribution < 1.29 is 15.0 Å². The highest BCUT2D eigenvalue weighted by atomic mass is 16.4. The number of carboxylic acid groups (broad SMARTS) is 1. The molecule has 0 spiro atoms. The molecule has 0 bridgehead atoms. The first-order chi connectivity index (χ1) is 6.52. The predicted molar refractivity (Wildman–Crippen MR) is 52.6 cm³/mol. The van der Waals surface area contributed by atoms with Crippen molar-refractivity contribution in [3.8, 4) is 0 Å². The van der Waals surface area contributed by atoms with Crippen LogP contribution in [0.15, 0.2) is 0 Å². The van der Waals surface area contributed by atoms with Crippen LogP contribution < -0.4 is 5.73 Å². The standard InChI is InChI=1S/C10H19NO3/c11-10(14,9(12)13)7-6-8-4-2-1-3-5-8/h8,14H,1-7,11H2,(H,12,13). The summed E-state index contributed by atoms with van der Waals surface area (Å²) in [5.41, 5.74) is 3.20. The Morgan fingerprint density at radius 1 is 1.36 bits per heavy atom. The van der Waals surface area contributed by atoms with E-state index in [-0.39, 0.29) is 6.42 Å². The smallest absolute Gasteiger partial charge is 0.350 e. The molecule has 14 heavy (non-hydrogen) atoms. The van der Waals surface area contributed by atoms with Crippen molar-refractivity contribution in [1.29, 1.82) is 0 Å². The number of aliphatic carboxylic acids is 1. The third-order valence-electron chi connectivity index (χ3n) is 3.03. The molecule has 0 saturated heterocycles. The SMILES string of the molecule is NC(O)(CCC1CCCCC1)C(=O)O. The second-order valence-electron chi connectivity index (χ2n) is 4.27. The summed E-state index contributed by atoms with van der Waals surface area (Å²) in [5.74, 6) is -0.772. The molecular formula is C10H19NO3. The second kappa shape index (κ2) is 4.75. The molecule has 1 aliphatic rings. The van der Waals surface area contributed by atoms with E-state index in [1.807, 2.05) is 0 Å². The maximum absolute atomic E-state index is 10.5. The average Bonchev–Trinajstić information content (AvgIpc) is 2.16. The molecule has 0 radical (unpaired) electrons. The van der Waals surface area contributed by atoms with Crippen LogP contribution in [0.1, 0.15) is 44.9 Å². The lowest BCUT2D eigenvalue weighted by molar-refractivity contribution is -0.159. The van der Waals surface area contributed by atoms with Crippen LogP contribution in [0.3, 0.4) is 0 Å². The first-order valence-electron chi connectivity index (χ1n) is 5.27. The molecule has 0 aromatic carbocycles. The minimum Gasteiger partial charge on any atom is -0.478 e. The molecule has 4 N–H and O–H groups in total. The Bertz CT molecular complexity index is 198. The summed E-state index contributed by atoms with van der Waals surface area (Å²) in [6.07, 6.45) is 6.90. The quantitative estimate of drug-likeness (QED) is 0.594. The van der Waals surface area contributed by atoms with Crippen molar-refractivity contribution >= 4 is 5.97 Å². The number of hydrogen-bond donors (Lipinski definition) is 3. The predicted octanol–water partition coefficient (Wildman–Crippen LogP) is 1.08. The van der Waals surface area contributed by atoms with E-state index in [2.05, 4.69) is 0 Å². The molecule has 4 heteroatoms. The molecule has 1 saturated carbocycles. The van der Waals surface area contributed by atoms with Crippen LogP contribution in [0.25, 0.3) is 0 Å². The number of carboxylic acids is 1. The van der Waals surface area contributed by atoms with E-state index in [1.165, 1.54) is 19.3 Å². The molecule has 0 heterocycles. The molecular weight excluding hydrogens is 182 g/mol. The molecule has 4 nitrogen and oxygen atoms in total. The molecule has 1 unspecified atom stereocenters. The molecule has 0 aliphatic heterocycles. The summed E-state index contributed by atoms with van der Waals surface area (Å²) >= 11 is 0. The van der Waals surface area contributed by atoms with Gasteiger partial charge in [0.15, 0.2) is 0 Å². The summed E-state index contributed by atoms with van der Waals surface area (Å²) in [7, 11) is 0. The van der Waals surface area contributed by atoms with Gasteiger partial charge in [0.1, 0.15) is 0 Å². The Kier molecular flexibility index (Phi) is 3.89. The van der Waals surface area contributed by atoms with E-state index >= 15 is 0 Å². The normalized spacial score (nSPS) is 23.0. The van der Waals surface area contributed by atoms with Crippen molar-refractivity contribution in [2.45, 2.75) is 50.7 Å². The van der Waals surface area contributed by atoms with Crippen molar-refractivity contribution in [2.75, 3.05) is 0 Å². The van der Waals surface area contributed by atoms with E-state index in [9.17, 15) is 9.90 Å². The van der Waals surface area contributed by atoms with Gasteiger partial charge in [-0.3, -0.25) is 5.73 Å². The molecule has 1 fully saturated rings. The number of rotatable bonds is 4. The van der Waals surface area contributed by atoms with Gasteiger partial charge in [0.05, 0.1) is 0 Å². The van der Waals surface area contributed by atoms with E-state index in [0.717, 1.165) is 19.3 Å². The van der Waals surface area contributed by atoms with Crippen LogP contribution >= 0.6 is 0 Å². The maximum Gasteiger partial charge on any atom is 0.350 e. The highest BCUT2D eigenvalue weighted by Crippen LogP contribution is 2.28. The van der Waals surface area contributed by atoms with Crippen LogP contribution in [-0.4, -0.2) is 21.9 Å². The Hall–Kier alpha value is -0.610. The van der Waals surface area contributed by atoms with Gasteiger partial charge in [-0.15, -0.1) is 0 Å².